The van der Waals surface area contributed by atoms with Gasteiger partial charge in [0, 0.05) is 11.8 Å². The van der Waals surface area contributed by atoms with E-state index in [1.54, 1.807) is 0 Å². The molecule has 170 valence electrons. The summed E-state index contributed by atoms with van der Waals surface area (Å²) in [6.45, 7) is 2.23. The van der Waals surface area contributed by atoms with Crippen molar-refractivity contribution in [2.45, 2.75) is 89.8 Å². The van der Waals surface area contributed by atoms with Gasteiger partial charge in [-0.2, -0.15) is 0 Å². The predicted molar refractivity (Wildman–Crippen MR) is 118 cm³/mol. The van der Waals surface area contributed by atoms with Crippen LogP contribution in [0.25, 0.3) is 0 Å². The van der Waals surface area contributed by atoms with Gasteiger partial charge < -0.3 is 14.6 Å². The first-order chi connectivity index (χ1) is 14.9. The molecule has 0 aromatic heterocycles. The first kappa shape index (κ1) is 22.3. The summed E-state index contributed by atoms with van der Waals surface area (Å²) < 4.78 is 9.37. The summed E-state index contributed by atoms with van der Waals surface area (Å²) >= 11 is 0. The highest BCUT2D eigenvalue weighted by molar-refractivity contribution is 5.93. The standard InChI is InChI=1S/C18H22O2.C8H14O3/c1-18-9-8-14-13-5-3-12(19)10-11(13)2-4-15(14)16(18)6-7-17(18)20;1-10-8(9)11-7-5-3-2-4-6-7/h8-10,15-17,20H,2-7H2,1H3;7H,2-6H2,1H3/t15-,16+,17+,18+;/m1./s1. The summed E-state index contributed by atoms with van der Waals surface area (Å²) in [4.78, 5) is 22.2. The Morgan fingerprint density at radius 1 is 1.06 bits per heavy atom. The molecule has 0 heterocycles. The number of aliphatic hydroxyl groups is 1. The summed E-state index contributed by atoms with van der Waals surface area (Å²) in [6.07, 6.45) is 17.3. The maximum atomic E-state index is 11.6. The molecule has 5 rings (SSSR count). The second-order valence-electron chi connectivity index (χ2n) is 9.95. The first-order valence-electron chi connectivity index (χ1n) is 12.0. The van der Waals surface area contributed by atoms with Gasteiger partial charge in [0.2, 0.25) is 0 Å². The minimum absolute atomic E-state index is 0.0274. The van der Waals surface area contributed by atoms with E-state index in [2.05, 4.69) is 23.8 Å². The number of ketones is 1. The van der Waals surface area contributed by atoms with Crippen LogP contribution in [0.5, 0.6) is 0 Å². The molecular formula is C26H36O5. The number of methoxy groups -OCH3 is 1. The average Bonchev–Trinajstić information content (AvgIpc) is 3.09. The second-order valence-corrected chi connectivity index (χ2v) is 9.95. The fourth-order valence-electron chi connectivity index (χ4n) is 6.36. The Hall–Kier alpha value is -1.88. The highest BCUT2D eigenvalue weighted by Crippen LogP contribution is 2.57. The lowest BCUT2D eigenvalue weighted by Gasteiger charge is -2.44. The molecule has 0 saturated heterocycles. The number of hydrogen-bond donors (Lipinski definition) is 1. The number of carbonyl (C=O) groups is 2. The van der Waals surface area contributed by atoms with Crippen LogP contribution < -0.4 is 0 Å². The molecule has 0 aliphatic heterocycles. The number of ether oxygens (including phenoxy) is 2. The number of allylic oxidation sites excluding steroid dienone is 5. The highest BCUT2D eigenvalue weighted by atomic mass is 16.7. The summed E-state index contributed by atoms with van der Waals surface area (Å²) in [7, 11) is 1.34. The Bertz CT molecular complexity index is 801. The maximum Gasteiger partial charge on any atom is 0.508 e. The van der Waals surface area contributed by atoms with Gasteiger partial charge >= 0.3 is 6.16 Å². The molecule has 2 fully saturated rings. The minimum Gasteiger partial charge on any atom is -0.438 e. The van der Waals surface area contributed by atoms with E-state index in [0.29, 0.717) is 24.0 Å². The summed E-state index contributed by atoms with van der Waals surface area (Å²) in [5, 5.41) is 10.3. The summed E-state index contributed by atoms with van der Waals surface area (Å²) in [5.74, 6) is 1.48. The smallest absolute Gasteiger partial charge is 0.438 e. The van der Waals surface area contributed by atoms with Gasteiger partial charge in [0.1, 0.15) is 6.10 Å². The molecule has 4 atom stereocenters. The second kappa shape index (κ2) is 9.32. The lowest BCUT2D eigenvalue weighted by atomic mass is 9.60. The van der Waals surface area contributed by atoms with Crippen molar-refractivity contribution in [2.24, 2.45) is 17.3 Å². The van der Waals surface area contributed by atoms with Gasteiger partial charge in [0.25, 0.3) is 0 Å². The Morgan fingerprint density at radius 2 is 1.84 bits per heavy atom. The molecular weight excluding hydrogens is 392 g/mol. The van der Waals surface area contributed by atoms with Gasteiger partial charge in [-0.1, -0.05) is 25.5 Å². The van der Waals surface area contributed by atoms with E-state index in [1.807, 2.05) is 6.08 Å². The number of fused-ring (bicyclic) bond motifs is 4. The Kier molecular flexibility index (Phi) is 6.71. The molecule has 0 radical (unpaired) electrons. The highest BCUT2D eigenvalue weighted by Gasteiger charge is 2.51. The van der Waals surface area contributed by atoms with Crippen molar-refractivity contribution in [2.75, 3.05) is 7.11 Å². The van der Waals surface area contributed by atoms with E-state index in [1.165, 1.54) is 43.1 Å². The zero-order chi connectivity index (χ0) is 22.0. The molecule has 5 aliphatic rings. The van der Waals surface area contributed by atoms with Crippen molar-refractivity contribution < 1.29 is 24.2 Å². The van der Waals surface area contributed by atoms with Crippen molar-refractivity contribution in [3.8, 4) is 0 Å². The molecule has 2 saturated carbocycles. The number of hydrogen-bond acceptors (Lipinski definition) is 5. The van der Waals surface area contributed by atoms with E-state index in [4.69, 9.17) is 4.74 Å². The SMILES string of the molecule is COC(=O)OC1CCCCC1.C[C@]12C=CC3=C4CCC(=O)C=C4CC[C@H]3[C@@H]1CC[C@@H]2O. The zero-order valence-corrected chi connectivity index (χ0v) is 18.9. The van der Waals surface area contributed by atoms with Gasteiger partial charge in [0.05, 0.1) is 13.2 Å². The predicted octanol–water partition coefficient (Wildman–Crippen LogP) is 5.43. The van der Waals surface area contributed by atoms with E-state index in [9.17, 15) is 14.7 Å². The van der Waals surface area contributed by atoms with Crippen LogP contribution in [0.1, 0.15) is 77.6 Å². The molecule has 0 spiro atoms. The Morgan fingerprint density at radius 3 is 2.58 bits per heavy atom. The molecule has 5 heteroatoms. The van der Waals surface area contributed by atoms with E-state index in [0.717, 1.165) is 44.9 Å². The maximum absolute atomic E-state index is 11.6. The molecule has 5 aliphatic carbocycles. The molecule has 1 N–H and O–H groups in total. The molecule has 0 aromatic rings. The Labute approximate surface area is 185 Å². The van der Waals surface area contributed by atoms with Crippen LogP contribution in [-0.2, 0) is 14.3 Å². The third kappa shape index (κ3) is 4.52. The summed E-state index contributed by atoms with van der Waals surface area (Å²) in [5.41, 5.74) is 4.19. The van der Waals surface area contributed by atoms with E-state index < -0.39 is 6.16 Å². The average molecular weight is 429 g/mol. The fourth-order valence-corrected chi connectivity index (χ4v) is 6.36. The first-order valence-corrected chi connectivity index (χ1v) is 12.0. The number of carbonyl (C=O) groups excluding carboxylic acids is 2. The molecule has 0 unspecified atom stereocenters. The van der Waals surface area contributed by atoms with Crippen LogP contribution in [0, 0.1) is 17.3 Å². The monoisotopic (exact) mass is 428 g/mol. The van der Waals surface area contributed by atoms with Gasteiger partial charge in [0.15, 0.2) is 5.78 Å². The van der Waals surface area contributed by atoms with Gasteiger partial charge in [-0.25, -0.2) is 4.79 Å². The van der Waals surface area contributed by atoms with Gasteiger partial charge in [-0.3, -0.25) is 4.79 Å². The quantitative estimate of drug-likeness (QED) is 0.564. The van der Waals surface area contributed by atoms with Crippen LogP contribution in [0.15, 0.2) is 34.9 Å². The van der Waals surface area contributed by atoms with Crippen molar-refractivity contribution >= 4 is 11.9 Å². The lowest BCUT2D eigenvalue weighted by molar-refractivity contribution is -0.114. The van der Waals surface area contributed by atoms with Crippen LogP contribution in [0.4, 0.5) is 4.79 Å². The topological polar surface area (TPSA) is 72.8 Å². The molecule has 5 nitrogen and oxygen atoms in total. The fraction of sp³-hybridized carbons (Fsp3) is 0.692. The normalized spacial score (nSPS) is 34.6. The molecule has 31 heavy (non-hydrogen) atoms. The van der Waals surface area contributed by atoms with Gasteiger partial charge in [-0.15, -0.1) is 0 Å². The minimum atomic E-state index is -0.545. The molecule has 0 bridgehead atoms. The third-order valence-corrected chi connectivity index (χ3v) is 8.17. The van der Waals surface area contributed by atoms with Crippen molar-refractivity contribution in [1.82, 2.24) is 0 Å². The van der Waals surface area contributed by atoms with Crippen molar-refractivity contribution in [1.29, 1.82) is 0 Å². The van der Waals surface area contributed by atoms with E-state index >= 15 is 0 Å². The largest absolute Gasteiger partial charge is 0.508 e. The van der Waals surface area contributed by atoms with Crippen LogP contribution in [-0.4, -0.2) is 36.4 Å². The third-order valence-electron chi connectivity index (χ3n) is 8.17. The number of aliphatic hydroxyl groups excluding tert-OH is 1. The van der Waals surface area contributed by atoms with Crippen molar-refractivity contribution in [3.63, 3.8) is 0 Å². The van der Waals surface area contributed by atoms with Crippen LogP contribution in [0.2, 0.25) is 0 Å². The van der Waals surface area contributed by atoms with Crippen LogP contribution in [0.3, 0.4) is 0 Å². The molecule has 0 aromatic carbocycles. The van der Waals surface area contributed by atoms with Crippen molar-refractivity contribution in [3.05, 3.63) is 34.9 Å². The molecule has 0 amide bonds. The Balaban J connectivity index is 0.000000180. The van der Waals surface area contributed by atoms with Gasteiger partial charge in [-0.05, 0) is 92.4 Å². The number of rotatable bonds is 1. The zero-order valence-electron chi connectivity index (χ0n) is 18.9. The van der Waals surface area contributed by atoms with Crippen LogP contribution >= 0.6 is 0 Å². The van der Waals surface area contributed by atoms with E-state index in [-0.39, 0.29) is 17.6 Å². The summed E-state index contributed by atoms with van der Waals surface area (Å²) in [6, 6.07) is 0. The lowest BCUT2D eigenvalue weighted by Crippen LogP contribution is -2.39.